The first kappa shape index (κ1) is 17.7. The van der Waals surface area contributed by atoms with Crippen molar-refractivity contribution in [2.75, 3.05) is 19.0 Å². The molecule has 2 aromatic rings. The summed E-state index contributed by atoms with van der Waals surface area (Å²) < 4.78 is 4.63. The molecule has 5 nitrogen and oxygen atoms in total. The van der Waals surface area contributed by atoms with Crippen molar-refractivity contribution < 1.29 is 14.3 Å². The molecule has 0 aliphatic heterocycles. The number of anilines is 1. The van der Waals surface area contributed by atoms with Crippen LogP contribution < -0.4 is 10.6 Å². The Hall–Kier alpha value is -2.66. The highest BCUT2D eigenvalue weighted by Gasteiger charge is 2.06. The maximum absolute atomic E-state index is 11.9. The van der Waals surface area contributed by atoms with E-state index in [0.29, 0.717) is 24.2 Å². The van der Waals surface area contributed by atoms with Gasteiger partial charge in [0.1, 0.15) is 0 Å². The summed E-state index contributed by atoms with van der Waals surface area (Å²) in [5, 5.41) is 6.07. The van der Waals surface area contributed by atoms with E-state index in [4.69, 9.17) is 0 Å². The van der Waals surface area contributed by atoms with E-state index in [-0.39, 0.29) is 5.91 Å². The second kappa shape index (κ2) is 8.84. The highest BCUT2D eigenvalue weighted by Crippen LogP contribution is 2.11. The number of esters is 1. The van der Waals surface area contributed by atoms with Crippen LogP contribution in [0, 0.1) is 6.92 Å². The fraction of sp³-hybridized carbons (Fsp3) is 0.263. The average molecular weight is 326 g/mol. The zero-order chi connectivity index (χ0) is 17.4. The van der Waals surface area contributed by atoms with Crippen molar-refractivity contribution in [1.29, 1.82) is 0 Å². The normalized spacial score (nSPS) is 10.2. The number of methoxy groups -OCH3 is 1. The average Bonchev–Trinajstić information content (AvgIpc) is 2.60. The van der Waals surface area contributed by atoms with E-state index in [2.05, 4.69) is 34.4 Å². The summed E-state index contributed by atoms with van der Waals surface area (Å²) in [6, 6.07) is 14.8. The van der Waals surface area contributed by atoms with Crippen molar-refractivity contribution in [2.24, 2.45) is 0 Å². The Morgan fingerprint density at radius 3 is 2.42 bits per heavy atom. The number of nitrogens with one attached hydrogen (secondary N) is 2. The summed E-state index contributed by atoms with van der Waals surface area (Å²) in [7, 11) is 1.34. The van der Waals surface area contributed by atoms with Crippen LogP contribution >= 0.6 is 0 Å². The molecule has 1 amide bonds. The van der Waals surface area contributed by atoms with Crippen LogP contribution in [0.4, 0.5) is 5.69 Å². The van der Waals surface area contributed by atoms with Crippen LogP contribution in [0.5, 0.6) is 0 Å². The van der Waals surface area contributed by atoms with Gasteiger partial charge in [-0.05, 0) is 42.3 Å². The minimum atomic E-state index is -0.395. The molecule has 2 rings (SSSR count). The van der Waals surface area contributed by atoms with Crippen molar-refractivity contribution >= 4 is 17.6 Å². The molecule has 0 bridgehead atoms. The molecule has 24 heavy (non-hydrogen) atoms. The molecule has 126 valence electrons. The number of amides is 1. The van der Waals surface area contributed by atoms with Crippen LogP contribution in [0.3, 0.4) is 0 Å². The SMILES string of the molecule is COC(=O)c1ccc(NC(=O)CCNCc2ccccc2C)cc1. The number of aryl methyl sites for hydroxylation is 1. The molecule has 0 unspecified atom stereocenters. The lowest BCUT2D eigenvalue weighted by Crippen LogP contribution is -2.21. The van der Waals surface area contributed by atoms with E-state index in [1.54, 1.807) is 24.3 Å². The Morgan fingerprint density at radius 1 is 1.04 bits per heavy atom. The van der Waals surface area contributed by atoms with Gasteiger partial charge < -0.3 is 15.4 Å². The van der Waals surface area contributed by atoms with Gasteiger partial charge in [0.05, 0.1) is 12.7 Å². The third-order valence-electron chi connectivity index (χ3n) is 3.70. The Kier molecular flexibility index (Phi) is 6.51. The first-order valence-corrected chi connectivity index (χ1v) is 7.83. The largest absolute Gasteiger partial charge is 0.465 e. The second-order valence-corrected chi connectivity index (χ2v) is 5.47. The summed E-state index contributed by atoms with van der Waals surface area (Å²) in [4.78, 5) is 23.3. The summed E-state index contributed by atoms with van der Waals surface area (Å²) in [5.41, 5.74) is 3.58. The van der Waals surface area contributed by atoms with Crippen LogP contribution in [0.25, 0.3) is 0 Å². The number of carbonyl (C=O) groups is 2. The van der Waals surface area contributed by atoms with E-state index < -0.39 is 5.97 Å². The van der Waals surface area contributed by atoms with Crippen LogP contribution in [-0.4, -0.2) is 25.5 Å². The summed E-state index contributed by atoms with van der Waals surface area (Å²) in [6.07, 6.45) is 0.380. The van der Waals surface area contributed by atoms with Crippen molar-refractivity contribution in [3.63, 3.8) is 0 Å². The van der Waals surface area contributed by atoms with Crippen molar-refractivity contribution in [1.82, 2.24) is 5.32 Å². The van der Waals surface area contributed by atoms with E-state index >= 15 is 0 Å². The van der Waals surface area contributed by atoms with Crippen molar-refractivity contribution in [3.8, 4) is 0 Å². The molecule has 0 aromatic heterocycles. The van der Waals surface area contributed by atoms with Gasteiger partial charge >= 0.3 is 5.97 Å². The quantitative estimate of drug-likeness (QED) is 0.606. The zero-order valence-corrected chi connectivity index (χ0v) is 14.0. The van der Waals surface area contributed by atoms with E-state index in [9.17, 15) is 9.59 Å². The highest BCUT2D eigenvalue weighted by atomic mass is 16.5. The van der Waals surface area contributed by atoms with Gasteiger partial charge in [-0.1, -0.05) is 24.3 Å². The van der Waals surface area contributed by atoms with E-state index in [1.165, 1.54) is 18.2 Å². The molecule has 5 heteroatoms. The molecule has 0 radical (unpaired) electrons. The molecule has 0 heterocycles. The second-order valence-electron chi connectivity index (χ2n) is 5.47. The van der Waals surface area contributed by atoms with Crippen molar-refractivity contribution in [3.05, 3.63) is 65.2 Å². The van der Waals surface area contributed by atoms with Gasteiger partial charge in [0.25, 0.3) is 0 Å². The minimum absolute atomic E-state index is 0.0712. The molecular weight excluding hydrogens is 304 g/mol. The first-order chi connectivity index (χ1) is 11.6. The molecular formula is C19H22N2O3. The monoisotopic (exact) mass is 326 g/mol. The summed E-state index contributed by atoms with van der Waals surface area (Å²) in [6.45, 7) is 3.41. The van der Waals surface area contributed by atoms with Gasteiger partial charge in [0.2, 0.25) is 5.91 Å². The number of hydrogen-bond acceptors (Lipinski definition) is 4. The molecule has 0 atom stereocenters. The molecule has 2 aromatic carbocycles. The Balaban J connectivity index is 1.73. The van der Waals surface area contributed by atoms with Crippen LogP contribution in [0.15, 0.2) is 48.5 Å². The molecule has 0 spiro atoms. The van der Waals surface area contributed by atoms with Gasteiger partial charge in [-0.15, -0.1) is 0 Å². The molecule has 0 fully saturated rings. The Labute approximate surface area is 142 Å². The lowest BCUT2D eigenvalue weighted by atomic mass is 10.1. The lowest BCUT2D eigenvalue weighted by molar-refractivity contribution is -0.116. The maximum Gasteiger partial charge on any atom is 0.337 e. The fourth-order valence-electron chi connectivity index (χ4n) is 2.26. The fourth-order valence-corrected chi connectivity index (χ4v) is 2.26. The lowest BCUT2D eigenvalue weighted by Gasteiger charge is -2.08. The smallest absolute Gasteiger partial charge is 0.337 e. The van der Waals surface area contributed by atoms with E-state index in [0.717, 1.165) is 6.54 Å². The number of carbonyl (C=O) groups excluding carboxylic acids is 2. The number of benzene rings is 2. The predicted octanol–water partition coefficient (Wildman–Crippen LogP) is 2.90. The van der Waals surface area contributed by atoms with Crippen molar-refractivity contribution in [2.45, 2.75) is 19.9 Å². The van der Waals surface area contributed by atoms with Gasteiger partial charge in [0.15, 0.2) is 0 Å². The standard InChI is InChI=1S/C19H22N2O3/c1-14-5-3-4-6-16(14)13-20-12-11-18(22)21-17-9-7-15(8-10-17)19(23)24-2/h3-10,20H,11-13H2,1-2H3,(H,21,22). The third kappa shape index (κ3) is 5.21. The maximum atomic E-state index is 11.9. The van der Waals surface area contributed by atoms with Crippen LogP contribution in [0.2, 0.25) is 0 Å². The van der Waals surface area contributed by atoms with Gasteiger partial charge in [-0.2, -0.15) is 0 Å². The molecule has 2 N–H and O–H groups in total. The van der Waals surface area contributed by atoms with Gasteiger partial charge in [-0.3, -0.25) is 4.79 Å². The number of ether oxygens (including phenoxy) is 1. The van der Waals surface area contributed by atoms with Crippen LogP contribution in [-0.2, 0) is 16.1 Å². The third-order valence-corrected chi connectivity index (χ3v) is 3.70. The minimum Gasteiger partial charge on any atom is -0.465 e. The molecule has 0 aliphatic rings. The molecule has 0 aliphatic carbocycles. The van der Waals surface area contributed by atoms with Gasteiger partial charge in [0, 0.05) is 25.2 Å². The first-order valence-electron chi connectivity index (χ1n) is 7.83. The summed E-state index contributed by atoms with van der Waals surface area (Å²) >= 11 is 0. The van der Waals surface area contributed by atoms with E-state index in [1.807, 2.05) is 12.1 Å². The Bertz CT molecular complexity index is 696. The van der Waals surface area contributed by atoms with Crippen LogP contribution in [0.1, 0.15) is 27.9 Å². The number of hydrogen-bond donors (Lipinski definition) is 2. The molecule has 0 saturated heterocycles. The van der Waals surface area contributed by atoms with Gasteiger partial charge in [-0.25, -0.2) is 4.79 Å². The molecule has 0 saturated carbocycles. The highest BCUT2D eigenvalue weighted by molar-refractivity contribution is 5.93. The topological polar surface area (TPSA) is 67.4 Å². The predicted molar refractivity (Wildman–Crippen MR) is 93.9 cm³/mol. The number of rotatable bonds is 7. The zero-order valence-electron chi connectivity index (χ0n) is 14.0. The Morgan fingerprint density at radius 2 is 1.75 bits per heavy atom. The summed E-state index contributed by atoms with van der Waals surface area (Å²) in [5.74, 6) is -0.466.